The van der Waals surface area contributed by atoms with Gasteiger partial charge in [0.05, 0.1) is 18.2 Å². The highest BCUT2D eigenvalue weighted by atomic mass is 16.5. The van der Waals surface area contributed by atoms with Gasteiger partial charge in [0.1, 0.15) is 5.75 Å². The summed E-state index contributed by atoms with van der Waals surface area (Å²) in [6, 6.07) is 14.7. The van der Waals surface area contributed by atoms with E-state index in [1.54, 1.807) is 19.2 Å². The Morgan fingerprint density at radius 3 is 2.33 bits per heavy atom. The van der Waals surface area contributed by atoms with Crippen molar-refractivity contribution >= 4 is 17.3 Å². The van der Waals surface area contributed by atoms with Gasteiger partial charge in [-0.25, -0.2) is 0 Å². The third kappa shape index (κ3) is 3.16. The summed E-state index contributed by atoms with van der Waals surface area (Å²) in [5.41, 5.74) is 7.27. The monoisotopic (exact) mass is 284 g/mol. The maximum atomic E-state index is 12.6. The molecule has 0 atom stereocenters. The van der Waals surface area contributed by atoms with E-state index in [0.29, 0.717) is 17.1 Å². The topological polar surface area (TPSA) is 64.3 Å². The smallest absolute Gasteiger partial charge is 0.234 e. The summed E-state index contributed by atoms with van der Waals surface area (Å²) < 4.78 is 5.25. The van der Waals surface area contributed by atoms with E-state index in [4.69, 9.17) is 10.5 Å². The first-order valence-electron chi connectivity index (χ1n) is 6.75. The second-order valence-electron chi connectivity index (χ2n) is 5.40. The molecule has 0 aliphatic heterocycles. The van der Waals surface area contributed by atoms with Crippen LogP contribution < -0.4 is 15.8 Å². The van der Waals surface area contributed by atoms with E-state index in [1.165, 1.54) is 0 Å². The lowest BCUT2D eigenvalue weighted by molar-refractivity contribution is -0.120. The summed E-state index contributed by atoms with van der Waals surface area (Å²) in [4.78, 5) is 12.6. The molecule has 110 valence electrons. The maximum Gasteiger partial charge on any atom is 0.234 e. The Morgan fingerprint density at radius 2 is 1.71 bits per heavy atom. The molecule has 0 saturated carbocycles. The van der Waals surface area contributed by atoms with E-state index in [1.807, 2.05) is 50.2 Å². The lowest BCUT2D eigenvalue weighted by Gasteiger charge is -2.24. The first kappa shape index (κ1) is 14.9. The van der Waals surface area contributed by atoms with Crippen LogP contribution in [0.2, 0.25) is 0 Å². The molecule has 0 radical (unpaired) electrons. The number of rotatable bonds is 4. The zero-order valence-corrected chi connectivity index (χ0v) is 12.5. The molecule has 0 heterocycles. The van der Waals surface area contributed by atoms with Crippen LogP contribution >= 0.6 is 0 Å². The van der Waals surface area contributed by atoms with E-state index < -0.39 is 5.41 Å². The van der Waals surface area contributed by atoms with Crippen molar-refractivity contribution < 1.29 is 9.53 Å². The SMILES string of the molecule is COc1ccccc1NC(=O)C(C)(C)c1ccc(N)cc1. The molecule has 4 heteroatoms. The van der Waals surface area contributed by atoms with Crippen molar-refractivity contribution in [2.24, 2.45) is 0 Å². The Bertz CT molecular complexity index is 633. The van der Waals surface area contributed by atoms with Crippen LogP contribution in [-0.2, 0) is 10.2 Å². The normalized spacial score (nSPS) is 11.0. The Labute approximate surface area is 124 Å². The van der Waals surface area contributed by atoms with Crippen molar-refractivity contribution in [3.05, 3.63) is 54.1 Å². The molecule has 0 aliphatic rings. The fourth-order valence-electron chi connectivity index (χ4n) is 2.06. The molecule has 0 saturated heterocycles. The fraction of sp³-hybridized carbons (Fsp3) is 0.235. The van der Waals surface area contributed by atoms with Crippen molar-refractivity contribution in [2.45, 2.75) is 19.3 Å². The molecule has 0 bridgehead atoms. The summed E-state index contributed by atoms with van der Waals surface area (Å²) in [5.74, 6) is 0.538. The number of amides is 1. The lowest BCUT2D eigenvalue weighted by atomic mass is 9.83. The van der Waals surface area contributed by atoms with Gasteiger partial charge in [-0.1, -0.05) is 24.3 Å². The zero-order chi connectivity index (χ0) is 15.5. The Balaban J connectivity index is 2.24. The number of benzene rings is 2. The number of carbonyl (C=O) groups is 1. The highest BCUT2D eigenvalue weighted by molar-refractivity contribution is 5.99. The van der Waals surface area contributed by atoms with Gasteiger partial charge in [0, 0.05) is 5.69 Å². The number of methoxy groups -OCH3 is 1. The molecule has 0 spiro atoms. The molecule has 0 aromatic heterocycles. The summed E-state index contributed by atoms with van der Waals surface area (Å²) in [7, 11) is 1.58. The van der Waals surface area contributed by atoms with Gasteiger partial charge in [0.25, 0.3) is 0 Å². The average molecular weight is 284 g/mol. The van der Waals surface area contributed by atoms with Crippen molar-refractivity contribution in [1.29, 1.82) is 0 Å². The second-order valence-corrected chi connectivity index (χ2v) is 5.40. The van der Waals surface area contributed by atoms with Gasteiger partial charge in [-0.3, -0.25) is 4.79 Å². The van der Waals surface area contributed by atoms with Gasteiger partial charge in [-0.05, 0) is 43.7 Å². The van der Waals surface area contributed by atoms with Crippen molar-refractivity contribution in [1.82, 2.24) is 0 Å². The summed E-state index contributed by atoms with van der Waals surface area (Å²) >= 11 is 0. The van der Waals surface area contributed by atoms with Gasteiger partial charge in [0.15, 0.2) is 0 Å². The van der Waals surface area contributed by atoms with Crippen LogP contribution in [0.3, 0.4) is 0 Å². The second kappa shape index (κ2) is 5.87. The lowest BCUT2D eigenvalue weighted by Crippen LogP contribution is -2.34. The van der Waals surface area contributed by atoms with E-state index >= 15 is 0 Å². The van der Waals surface area contributed by atoms with Crippen molar-refractivity contribution in [3.8, 4) is 5.75 Å². The van der Waals surface area contributed by atoms with Crippen LogP contribution in [-0.4, -0.2) is 13.0 Å². The van der Waals surface area contributed by atoms with Gasteiger partial charge < -0.3 is 15.8 Å². The van der Waals surface area contributed by atoms with Crippen LogP contribution in [0.25, 0.3) is 0 Å². The zero-order valence-electron chi connectivity index (χ0n) is 12.5. The van der Waals surface area contributed by atoms with Crippen LogP contribution in [0.15, 0.2) is 48.5 Å². The van der Waals surface area contributed by atoms with Gasteiger partial charge >= 0.3 is 0 Å². The molecule has 0 aliphatic carbocycles. The minimum absolute atomic E-state index is 0.100. The molecule has 21 heavy (non-hydrogen) atoms. The molecular weight excluding hydrogens is 264 g/mol. The van der Waals surface area contributed by atoms with Crippen molar-refractivity contribution in [3.63, 3.8) is 0 Å². The van der Waals surface area contributed by atoms with Crippen molar-refractivity contribution in [2.75, 3.05) is 18.2 Å². The average Bonchev–Trinajstić information content (AvgIpc) is 2.48. The molecule has 4 nitrogen and oxygen atoms in total. The maximum absolute atomic E-state index is 12.6. The highest BCUT2D eigenvalue weighted by Gasteiger charge is 2.30. The standard InChI is InChI=1S/C17H20N2O2/c1-17(2,12-8-10-13(18)11-9-12)16(20)19-14-6-4-5-7-15(14)21-3/h4-11H,18H2,1-3H3,(H,19,20). The predicted molar refractivity (Wildman–Crippen MR) is 85.5 cm³/mol. The molecule has 2 aromatic carbocycles. The quantitative estimate of drug-likeness (QED) is 0.847. The van der Waals surface area contributed by atoms with E-state index in [-0.39, 0.29) is 5.91 Å². The molecule has 1 amide bonds. The number of hydrogen-bond acceptors (Lipinski definition) is 3. The van der Waals surface area contributed by atoms with Crippen LogP contribution in [0.4, 0.5) is 11.4 Å². The minimum Gasteiger partial charge on any atom is -0.495 e. The first-order valence-corrected chi connectivity index (χ1v) is 6.75. The van der Waals surface area contributed by atoms with E-state index in [2.05, 4.69) is 5.32 Å². The number of nitrogens with one attached hydrogen (secondary N) is 1. The predicted octanol–water partition coefficient (Wildman–Crippen LogP) is 3.19. The number of nitrogens with two attached hydrogens (primary N) is 1. The molecule has 0 unspecified atom stereocenters. The molecule has 0 fully saturated rings. The van der Waals surface area contributed by atoms with E-state index in [9.17, 15) is 4.79 Å². The number of ether oxygens (including phenoxy) is 1. The summed E-state index contributed by atoms with van der Waals surface area (Å²) in [6.45, 7) is 3.76. The van der Waals surface area contributed by atoms with Crippen LogP contribution in [0.5, 0.6) is 5.75 Å². The Hall–Kier alpha value is -2.49. The van der Waals surface area contributed by atoms with Crippen LogP contribution in [0, 0.1) is 0 Å². The third-order valence-electron chi connectivity index (χ3n) is 3.56. The summed E-state index contributed by atoms with van der Waals surface area (Å²) in [6.07, 6.45) is 0. The van der Waals surface area contributed by atoms with Gasteiger partial charge in [0.2, 0.25) is 5.91 Å². The molecule has 2 rings (SSSR count). The number of anilines is 2. The molecule has 2 aromatic rings. The number of para-hydroxylation sites is 2. The van der Waals surface area contributed by atoms with E-state index in [0.717, 1.165) is 5.56 Å². The van der Waals surface area contributed by atoms with Gasteiger partial charge in [-0.2, -0.15) is 0 Å². The largest absolute Gasteiger partial charge is 0.495 e. The number of hydrogen-bond donors (Lipinski definition) is 2. The highest BCUT2D eigenvalue weighted by Crippen LogP contribution is 2.29. The summed E-state index contributed by atoms with van der Waals surface area (Å²) in [5, 5.41) is 2.92. The molecule has 3 N–H and O–H groups in total. The number of nitrogen functional groups attached to an aromatic ring is 1. The van der Waals surface area contributed by atoms with Gasteiger partial charge in [-0.15, -0.1) is 0 Å². The minimum atomic E-state index is -0.672. The third-order valence-corrected chi connectivity index (χ3v) is 3.56. The Kier molecular flexibility index (Phi) is 4.17. The Morgan fingerprint density at radius 1 is 1.10 bits per heavy atom. The number of carbonyl (C=O) groups excluding carboxylic acids is 1. The fourth-order valence-corrected chi connectivity index (χ4v) is 2.06. The van der Waals surface area contributed by atoms with Crippen LogP contribution in [0.1, 0.15) is 19.4 Å². The first-order chi connectivity index (χ1) is 9.95. The molecular formula is C17H20N2O2.